The highest BCUT2D eigenvalue weighted by Crippen LogP contribution is 2.69. The summed E-state index contributed by atoms with van der Waals surface area (Å²) in [7, 11) is 0. The third kappa shape index (κ3) is 2.25. The van der Waals surface area contributed by atoms with E-state index >= 15 is 0 Å². The Morgan fingerprint density at radius 3 is 2.26 bits per heavy atom. The van der Waals surface area contributed by atoms with E-state index in [1.165, 1.54) is 6.08 Å². The molecule has 3 atom stereocenters. The molecule has 4 nitrogen and oxygen atoms in total. The zero-order valence-electron chi connectivity index (χ0n) is 14.4. The van der Waals surface area contributed by atoms with Crippen LogP contribution >= 0.6 is 0 Å². The lowest BCUT2D eigenvalue weighted by molar-refractivity contribution is -0.232. The Kier molecular flexibility index (Phi) is 3.66. The van der Waals surface area contributed by atoms with E-state index in [9.17, 15) is 14.7 Å². The van der Waals surface area contributed by atoms with Crippen LogP contribution in [0.5, 0.6) is 0 Å². The molecule has 4 aliphatic carbocycles. The summed E-state index contributed by atoms with van der Waals surface area (Å²) >= 11 is 0. The molecule has 3 unspecified atom stereocenters. The van der Waals surface area contributed by atoms with Gasteiger partial charge in [0.05, 0.1) is 5.41 Å². The van der Waals surface area contributed by atoms with Crippen LogP contribution in [0.1, 0.15) is 59.3 Å². The van der Waals surface area contributed by atoms with Crippen LogP contribution in [-0.4, -0.2) is 22.6 Å². The maximum absolute atomic E-state index is 12.0. The molecule has 0 spiro atoms. The summed E-state index contributed by atoms with van der Waals surface area (Å²) < 4.78 is 5.91. The first-order valence-electron chi connectivity index (χ1n) is 8.75. The van der Waals surface area contributed by atoms with Crippen LogP contribution in [0, 0.1) is 28.6 Å². The molecule has 4 bridgehead atoms. The van der Waals surface area contributed by atoms with Crippen molar-refractivity contribution in [2.45, 2.75) is 64.9 Å². The highest BCUT2D eigenvalue weighted by atomic mass is 16.6. The van der Waals surface area contributed by atoms with Crippen LogP contribution in [0.2, 0.25) is 0 Å². The minimum Gasteiger partial charge on any atom is -0.481 e. The first-order chi connectivity index (χ1) is 10.7. The minimum atomic E-state index is -0.655. The van der Waals surface area contributed by atoms with Crippen molar-refractivity contribution >= 4 is 11.9 Å². The Bertz CT molecular complexity index is 536. The van der Waals surface area contributed by atoms with Gasteiger partial charge in [0.25, 0.3) is 0 Å². The third-order valence-corrected chi connectivity index (χ3v) is 7.15. The monoisotopic (exact) mass is 320 g/mol. The molecular formula is C19H28O4. The topological polar surface area (TPSA) is 63.6 Å². The molecule has 1 N–H and O–H groups in total. The van der Waals surface area contributed by atoms with Crippen LogP contribution in [0.15, 0.2) is 12.7 Å². The standard InChI is InChI=1S/C19H28O4/c1-5-15(20)23-17(4,12(2)3)19-9-13-6-14(10-19)8-18(7-13,11-19)16(21)22/h5,12-14H,1,6-11H2,2-4H3,(H,21,22). The molecule has 0 radical (unpaired) electrons. The van der Waals surface area contributed by atoms with Crippen LogP contribution in [0.3, 0.4) is 0 Å². The smallest absolute Gasteiger partial charge is 0.330 e. The molecule has 0 saturated heterocycles. The fraction of sp³-hybridized carbons (Fsp3) is 0.789. The van der Waals surface area contributed by atoms with E-state index in [4.69, 9.17) is 4.74 Å². The van der Waals surface area contributed by atoms with Crippen molar-refractivity contribution in [1.29, 1.82) is 0 Å². The third-order valence-electron chi connectivity index (χ3n) is 7.15. The summed E-state index contributed by atoms with van der Waals surface area (Å²) in [5, 5.41) is 9.90. The fourth-order valence-corrected chi connectivity index (χ4v) is 6.18. The number of hydrogen-bond acceptors (Lipinski definition) is 3. The Balaban J connectivity index is 2.03. The van der Waals surface area contributed by atoms with Crippen LogP contribution in [0.25, 0.3) is 0 Å². The van der Waals surface area contributed by atoms with Gasteiger partial charge in [-0.1, -0.05) is 20.4 Å². The molecular weight excluding hydrogens is 292 g/mol. The van der Waals surface area contributed by atoms with Crippen LogP contribution in [-0.2, 0) is 14.3 Å². The van der Waals surface area contributed by atoms with E-state index in [2.05, 4.69) is 20.4 Å². The van der Waals surface area contributed by atoms with Crippen molar-refractivity contribution in [3.8, 4) is 0 Å². The van der Waals surface area contributed by atoms with Crippen LogP contribution in [0.4, 0.5) is 0 Å². The van der Waals surface area contributed by atoms with Crippen LogP contribution < -0.4 is 0 Å². The fourth-order valence-electron chi connectivity index (χ4n) is 6.18. The van der Waals surface area contributed by atoms with Gasteiger partial charge in [0.2, 0.25) is 0 Å². The number of carbonyl (C=O) groups excluding carboxylic acids is 1. The van der Waals surface area contributed by atoms with Crippen molar-refractivity contribution in [2.24, 2.45) is 28.6 Å². The Morgan fingerprint density at radius 1 is 1.26 bits per heavy atom. The van der Waals surface area contributed by atoms with Crippen molar-refractivity contribution in [2.75, 3.05) is 0 Å². The SMILES string of the molecule is C=CC(=O)OC(C)(C(C)C)C12CC3CC(CC(C(=O)O)(C3)C1)C2. The second kappa shape index (κ2) is 5.09. The van der Waals surface area contributed by atoms with Gasteiger partial charge in [0.15, 0.2) is 0 Å². The lowest BCUT2D eigenvalue weighted by Crippen LogP contribution is -2.64. The first-order valence-corrected chi connectivity index (χ1v) is 8.75. The Morgan fingerprint density at radius 2 is 1.83 bits per heavy atom. The van der Waals surface area contributed by atoms with Gasteiger partial charge in [-0.3, -0.25) is 4.79 Å². The van der Waals surface area contributed by atoms with E-state index in [-0.39, 0.29) is 11.3 Å². The van der Waals surface area contributed by atoms with Gasteiger partial charge < -0.3 is 9.84 Å². The second-order valence-corrected chi connectivity index (χ2v) is 8.71. The first kappa shape index (κ1) is 16.5. The number of esters is 1. The summed E-state index contributed by atoms with van der Waals surface area (Å²) in [6.07, 6.45) is 6.56. The van der Waals surface area contributed by atoms with Gasteiger partial charge in [-0.15, -0.1) is 0 Å². The van der Waals surface area contributed by atoms with Gasteiger partial charge in [0, 0.05) is 11.5 Å². The summed E-state index contributed by atoms with van der Waals surface area (Å²) in [5.41, 5.74) is -1.47. The summed E-state index contributed by atoms with van der Waals surface area (Å²) in [4.78, 5) is 24.0. The molecule has 23 heavy (non-hydrogen) atoms. The second-order valence-electron chi connectivity index (χ2n) is 8.71. The molecule has 0 heterocycles. The summed E-state index contributed by atoms with van der Waals surface area (Å²) in [6.45, 7) is 9.68. The zero-order valence-corrected chi connectivity index (χ0v) is 14.4. The maximum Gasteiger partial charge on any atom is 0.330 e. The summed E-state index contributed by atoms with van der Waals surface area (Å²) in [5.74, 6) is -0.0207. The number of aliphatic carboxylic acids is 1. The number of carboxylic acids is 1. The number of hydrogen-bond donors (Lipinski definition) is 1. The van der Waals surface area contributed by atoms with Crippen molar-refractivity contribution in [3.63, 3.8) is 0 Å². The molecule has 0 aliphatic heterocycles. The van der Waals surface area contributed by atoms with E-state index in [1.54, 1.807) is 0 Å². The summed E-state index contributed by atoms with van der Waals surface area (Å²) in [6, 6.07) is 0. The van der Waals surface area contributed by atoms with Gasteiger partial charge in [-0.05, 0) is 63.2 Å². The average Bonchev–Trinajstić information content (AvgIpc) is 2.45. The van der Waals surface area contributed by atoms with E-state index < -0.39 is 23.0 Å². The van der Waals surface area contributed by atoms with Gasteiger partial charge >= 0.3 is 11.9 Å². The van der Waals surface area contributed by atoms with E-state index in [0.717, 1.165) is 32.1 Å². The number of ether oxygens (including phenoxy) is 1. The molecule has 128 valence electrons. The van der Waals surface area contributed by atoms with Gasteiger partial charge in [-0.25, -0.2) is 4.79 Å². The van der Waals surface area contributed by atoms with Crippen molar-refractivity contribution in [1.82, 2.24) is 0 Å². The van der Waals surface area contributed by atoms with Gasteiger partial charge in [0.1, 0.15) is 5.60 Å². The number of carboxylic acid groups (broad SMARTS) is 1. The molecule has 0 amide bonds. The molecule has 4 aliphatic rings. The Hall–Kier alpha value is -1.32. The lowest BCUT2D eigenvalue weighted by Gasteiger charge is -2.65. The minimum absolute atomic E-state index is 0.133. The highest BCUT2D eigenvalue weighted by molar-refractivity contribution is 5.81. The van der Waals surface area contributed by atoms with Crippen molar-refractivity contribution in [3.05, 3.63) is 12.7 Å². The zero-order chi connectivity index (χ0) is 17.0. The number of rotatable bonds is 5. The Labute approximate surface area is 138 Å². The molecule has 0 aromatic heterocycles. The molecule has 0 aromatic rings. The molecule has 0 aromatic carbocycles. The molecule has 4 rings (SSSR count). The van der Waals surface area contributed by atoms with Gasteiger partial charge in [-0.2, -0.15) is 0 Å². The number of carbonyl (C=O) groups is 2. The lowest BCUT2D eigenvalue weighted by atomic mass is 9.40. The predicted molar refractivity (Wildman–Crippen MR) is 86.7 cm³/mol. The quantitative estimate of drug-likeness (QED) is 0.618. The van der Waals surface area contributed by atoms with E-state index in [1.807, 2.05) is 6.92 Å². The maximum atomic E-state index is 12.0. The predicted octanol–water partition coefficient (Wildman–Crippen LogP) is 3.80. The van der Waals surface area contributed by atoms with E-state index in [0.29, 0.717) is 18.3 Å². The molecule has 4 fully saturated rings. The normalized spacial score (nSPS) is 40.7. The highest BCUT2D eigenvalue weighted by Gasteiger charge is 2.67. The molecule has 4 saturated carbocycles. The average molecular weight is 320 g/mol. The molecule has 4 heteroatoms. The van der Waals surface area contributed by atoms with Crippen molar-refractivity contribution < 1.29 is 19.4 Å². The largest absolute Gasteiger partial charge is 0.481 e.